The van der Waals surface area contributed by atoms with Crippen molar-refractivity contribution in [3.8, 4) is 0 Å². The summed E-state index contributed by atoms with van der Waals surface area (Å²) >= 11 is 0. The topological polar surface area (TPSA) is 46.3 Å². The monoisotopic (exact) mass is 284 g/mol. The SMILES string of the molecule is CCN(Cc1ccccc1C)C(=O)CCC(C)N.Cl. The molecule has 0 aliphatic carbocycles. The lowest BCUT2D eigenvalue weighted by molar-refractivity contribution is -0.131. The van der Waals surface area contributed by atoms with Gasteiger partial charge in [0.2, 0.25) is 5.91 Å². The minimum absolute atomic E-state index is 0. The van der Waals surface area contributed by atoms with Crippen LogP contribution in [0.25, 0.3) is 0 Å². The molecule has 1 atom stereocenters. The standard InChI is InChI=1S/C15H24N2O.ClH/c1-4-17(15(18)10-9-13(3)16)11-14-8-6-5-7-12(14)2;/h5-8,13H,4,9-11,16H2,1-3H3;1H. The Kier molecular flexibility index (Phi) is 8.44. The van der Waals surface area contributed by atoms with Gasteiger partial charge in [0, 0.05) is 25.6 Å². The van der Waals surface area contributed by atoms with Crippen LogP contribution >= 0.6 is 12.4 Å². The fourth-order valence-corrected chi connectivity index (χ4v) is 1.88. The van der Waals surface area contributed by atoms with E-state index in [4.69, 9.17) is 5.73 Å². The summed E-state index contributed by atoms with van der Waals surface area (Å²) in [5.74, 6) is 0.193. The van der Waals surface area contributed by atoms with Gasteiger partial charge in [-0.25, -0.2) is 0 Å². The maximum absolute atomic E-state index is 12.1. The van der Waals surface area contributed by atoms with E-state index in [0.29, 0.717) is 13.0 Å². The van der Waals surface area contributed by atoms with Crippen molar-refractivity contribution in [2.45, 2.75) is 46.2 Å². The molecular formula is C15H25ClN2O. The van der Waals surface area contributed by atoms with E-state index in [9.17, 15) is 4.79 Å². The number of nitrogens with zero attached hydrogens (tertiary/aromatic N) is 1. The summed E-state index contributed by atoms with van der Waals surface area (Å²) in [4.78, 5) is 14.0. The van der Waals surface area contributed by atoms with E-state index in [0.717, 1.165) is 13.0 Å². The first kappa shape index (κ1) is 17.9. The van der Waals surface area contributed by atoms with E-state index >= 15 is 0 Å². The Morgan fingerprint density at radius 3 is 2.53 bits per heavy atom. The number of rotatable bonds is 6. The Morgan fingerprint density at radius 2 is 2.00 bits per heavy atom. The second-order valence-corrected chi connectivity index (χ2v) is 4.85. The molecule has 2 N–H and O–H groups in total. The average molecular weight is 285 g/mol. The Labute approximate surface area is 122 Å². The normalized spacial score (nSPS) is 11.6. The van der Waals surface area contributed by atoms with Crippen molar-refractivity contribution in [1.82, 2.24) is 4.90 Å². The highest BCUT2D eigenvalue weighted by molar-refractivity contribution is 5.85. The Morgan fingerprint density at radius 1 is 1.37 bits per heavy atom. The first-order chi connectivity index (χ1) is 8.54. The van der Waals surface area contributed by atoms with Gasteiger partial charge in [0.25, 0.3) is 0 Å². The molecule has 19 heavy (non-hydrogen) atoms. The fourth-order valence-electron chi connectivity index (χ4n) is 1.88. The van der Waals surface area contributed by atoms with Crippen molar-refractivity contribution < 1.29 is 4.79 Å². The average Bonchev–Trinajstić information content (AvgIpc) is 2.35. The van der Waals surface area contributed by atoms with Gasteiger partial charge in [-0.05, 0) is 38.3 Å². The third kappa shape index (κ3) is 6.08. The summed E-state index contributed by atoms with van der Waals surface area (Å²) in [5, 5.41) is 0. The zero-order chi connectivity index (χ0) is 13.5. The number of nitrogens with two attached hydrogens (primary N) is 1. The summed E-state index contributed by atoms with van der Waals surface area (Å²) in [6.45, 7) is 7.47. The summed E-state index contributed by atoms with van der Waals surface area (Å²) < 4.78 is 0. The third-order valence-corrected chi connectivity index (χ3v) is 3.17. The van der Waals surface area contributed by atoms with Crippen LogP contribution in [0.15, 0.2) is 24.3 Å². The molecule has 1 aromatic rings. The number of aryl methyl sites for hydroxylation is 1. The van der Waals surface area contributed by atoms with Gasteiger partial charge >= 0.3 is 0 Å². The number of carbonyl (C=O) groups excluding carboxylic acids is 1. The molecule has 1 amide bonds. The molecule has 0 saturated carbocycles. The number of amides is 1. The van der Waals surface area contributed by atoms with Gasteiger partial charge in [0.1, 0.15) is 0 Å². The third-order valence-electron chi connectivity index (χ3n) is 3.17. The molecule has 0 fully saturated rings. The molecule has 3 nitrogen and oxygen atoms in total. The number of halogens is 1. The lowest BCUT2D eigenvalue weighted by atomic mass is 10.1. The van der Waals surface area contributed by atoms with Crippen LogP contribution in [0.1, 0.15) is 37.8 Å². The van der Waals surface area contributed by atoms with Gasteiger partial charge < -0.3 is 10.6 Å². The molecule has 1 aromatic carbocycles. The van der Waals surface area contributed by atoms with Gasteiger partial charge in [-0.2, -0.15) is 0 Å². The molecule has 0 spiro atoms. The van der Waals surface area contributed by atoms with Crippen LogP contribution in [0.2, 0.25) is 0 Å². The predicted molar refractivity (Wildman–Crippen MR) is 82.4 cm³/mol. The molecule has 0 heterocycles. The number of hydrogen-bond acceptors (Lipinski definition) is 2. The van der Waals surface area contributed by atoms with Crippen molar-refractivity contribution in [2.75, 3.05) is 6.54 Å². The van der Waals surface area contributed by atoms with Crippen LogP contribution in [-0.4, -0.2) is 23.4 Å². The van der Waals surface area contributed by atoms with Gasteiger partial charge in [-0.3, -0.25) is 4.79 Å². The number of hydrogen-bond donors (Lipinski definition) is 1. The smallest absolute Gasteiger partial charge is 0.222 e. The molecule has 0 aromatic heterocycles. The molecule has 0 aliphatic heterocycles. The highest BCUT2D eigenvalue weighted by Gasteiger charge is 2.13. The van der Waals surface area contributed by atoms with Gasteiger partial charge in [0.15, 0.2) is 0 Å². The first-order valence-electron chi connectivity index (χ1n) is 6.62. The summed E-state index contributed by atoms with van der Waals surface area (Å²) in [5.41, 5.74) is 8.14. The summed E-state index contributed by atoms with van der Waals surface area (Å²) in [6, 6.07) is 8.29. The van der Waals surface area contributed by atoms with Crippen molar-refractivity contribution >= 4 is 18.3 Å². The van der Waals surface area contributed by atoms with Crippen molar-refractivity contribution in [1.29, 1.82) is 0 Å². The van der Waals surface area contributed by atoms with Crippen LogP contribution in [0.5, 0.6) is 0 Å². The molecule has 0 bridgehead atoms. The minimum atomic E-state index is 0. The minimum Gasteiger partial charge on any atom is -0.339 e. The van der Waals surface area contributed by atoms with Crippen LogP contribution in [0.4, 0.5) is 0 Å². The van der Waals surface area contributed by atoms with Crippen LogP contribution < -0.4 is 5.73 Å². The molecule has 1 unspecified atom stereocenters. The lowest BCUT2D eigenvalue weighted by Crippen LogP contribution is -2.31. The van der Waals surface area contributed by atoms with Crippen molar-refractivity contribution in [3.63, 3.8) is 0 Å². The first-order valence-corrected chi connectivity index (χ1v) is 6.62. The van der Waals surface area contributed by atoms with Crippen LogP contribution in [-0.2, 0) is 11.3 Å². The number of carbonyl (C=O) groups is 1. The highest BCUT2D eigenvalue weighted by Crippen LogP contribution is 2.12. The van der Waals surface area contributed by atoms with Crippen molar-refractivity contribution in [3.05, 3.63) is 35.4 Å². The van der Waals surface area contributed by atoms with E-state index in [-0.39, 0.29) is 24.4 Å². The Balaban J connectivity index is 0.00000324. The van der Waals surface area contributed by atoms with E-state index < -0.39 is 0 Å². The zero-order valence-corrected chi connectivity index (χ0v) is 12.9. The van der Waals surface area contributed by atoms with Crippen LogP contribution in [0, 0.1) is 6.92 Å². The van der Waals surface area contributed by atoms with E-state index in [1.807, 2.05) is 30.9 Å². The maximum atomic E-state index is 12.1. The zero-order valence-electron chi connectivity index (χ0n) is 12.1. The Bertz CT molecular complexity index is 393. The second-order valence-electron chi connectivity index (χ2n) is 4.85. The molecule has 108 valence electrons. The predicted octanol–water partition coefficient (Wildman–Crippen LogP) is 2.89. The van der Waals surface area contributed by atoms with Gasteiger partial charge in [-0.15, -0.1) is 12.4 Å². The molecule has 0 radical (unpaired) electrons. The number of benzene rings is 1. The summed E-state index contributed by atoms with van der Waals surface area (Å²) in [6.07, 6.45) is 1.29. The van der Waals surface area contributed by atoms with Crippen molar-refractivity contribution in [2.24, 2.45) is 5.73 Å². The lowest BCUT2D eigenvalue weighted by Gasteiger charge is -2.22. The van der Waals surface area contributed by atoms with E-state index in [1.54, 1.807) is 0 Å². The molecular weight excluding hydrogens is 260 g/mol. The second kappa shape index (κ2) is 8.94. The Hall–Kier alpha value is -1.06. The van der Waals surface area contributed by atoms with Crippen LogP contribution in [0.3, 0.4) is 0 Å². The van der Waals surface area contributed by atoms with Gasteiger partial charge in [-0.1, -0.05) is 24.3 Å². The highest BCUT2D eigenvalue weighted by atomic mass is 35.5. The van der Waals surface area contributed by atoms with E-state index in [2.05, 4.69) is 19.1 Å². The van der Waals surface area contributed by atoms with Gasteiger partial charge in [0.05, 0.1) is 0 Å². The quantitative estimate of drug-likeness (QED) is 0.873. The fraction of sp³-hybridized carbons (Fsp3) is 0.533. The molecule has 0 aliphatic rings. The largest absolute Gasteiger partial charge is 0.339 e. The molecule has 4 heteroatoms. The molecule has 1 rings (SSSR count). The van der Waals surface area contributed by atoms with E-state index in [1.165, 1.54) is 11.1 Å². The maximum Gasteiger partial charge on any atom is 0.222 e. The summed E-state index contributed by atoms with van der Waals surface area (Å²) in [7, 11) is 0. The molecule has 0 saturated heterocycles.